The molecule has 0 unspecified atom stereocenters. The van der Waals surface area contributed by atoms with Gasteiger partial charge >= 0.3 is 0 Å². The Labute approximate surface area is 187 Å². The Kier molecular flexibility index (Phi) is 6.23. The van der Waals surface area contributed by atoms with Gasteiger partial charge in [-0.25, -0.2) is 4.99 Å². The summed E-state index contributed by atoms with van der Waals surface area (Å²) in [4.78, 5) is 20.0. The van der Waals surface area contributed by atoms with Crippen molar-refractivity contribution in [3.05, 3.63) is 51.9 Å². The van der Waals surface area contributed by atoms with Crippen LogP contribution in [0, 0.1) is 13.8 Å². The van der Waals surface area contributed by atoms with Crippen LogP contribution < -0.4 is 19.7 Å². The number of hydrogen-bond donors (Lipinski definition) is 1. The number of nitrogens with zero attached hydrogens (tertiary/aromatic N) is 2. The second-order valence-corrected chi connectivity index (χ2v) is 8.74. The minimum Gasteiger partial charge on any atom is -0.496 e. The van der Waals surface area contributed by atoms with E-state index in [-0.39, 0.29) is 5.91 Å². The highest BCUT2D eigenvalue weighted by molar-refractivity contribution is 8.18. The summed E-state index contributed by atoms with van der Waals surface area (Å²) in [5.74, 6) is 1.32. The van der Waals surface area contributed by atoms with Crippen LogP contribution in [0.2, 0.25) is 0 Å². The lowest BCUT2D eigenvalue weighted by Gasteiger charge is -2.22. The van der Waals surface area contributed by atoms with Crippen molar-refractivity contribution in [2.75, 3.05) is 32.2 Å². The molecule has 2 aliphatic heterocycles. The van der Waals surface area contributed by atoms with Gasteiger partial charge in [-0.1, -0.05) is 6.07 Å². The van der Waals surface area contributed by atoms with E-state index < -0.39 is 0 Å². The van der Waals surface area contributed by atoms with E-state index in [2.05, 4.69) is 29.1 Å². The first kappa shape index (κ1) is 21.3. The predicted octanol–water partition coefficient (Wildman–Crippen LogP) is 4.81. The molecule has 2 fully saturated rings. The molecule has 2 aromatic rings. The molecule has 2 aliphatic rings. The zero-order chi connectivity index (χ0) is 22.0. The Morgan fingerprint density at radius 1 is 1.03 bits per heavy atom. The molecule has 6 nitrogen and oxygen atoms in total. The number of amides is 1. The first-order chi connectivity index (χ1) is 15.0. The van der Waals surface area contributed by atoms with Crippen molar-refractivity contribution in [2.24, 2.45) is 4.99 Å². The number of hydrogen-bond acceptors (Lipinski definition) is 6. The molecule has 2 heterocycles. The van der Waals surface area contributed by atoms with Crippen LogP contribution in [0.5, 0.6) is 11.5 Å². The third-order valence-corrected chi connectivity index (χ3v) is 6.55. The molecule has 31 heavy (non-hydrogen) atoms. The van der Waals surface area contributed by atoms with E-state index in [0.717, 1.165) is 35.8 Å². The SMILES string of the molecule is COc1cc(N2CCCC2)c(OC)cc1/C=C1/SC(=Nc2ccc(C)c(C)c2)NC1=O. The third-order valence-electron chi connectivity index (χ3n) is 5.64. The van der Waals surface area contributed by atoms with E-state index in [0.29, 0.717) is 15.8 Å². The van der Waals surface area contributed by atoms with Gasteiger partial charge in [-0.15, -0.1) is 0 Å². The minimum atomic E-state index is -0.169. The zero-order valence-electron chi connectivity index (χ0n) is 18.3. The molecule has 7 heteroatoms. The number of amidine groups is 1. The van der Waals surface area contributed by atoms with E-state index in [1.54, 1.807) is 14.2 Å². The van der Waals surface area contributed by atoms with Crippen molar-refractivity contribution >= 4 is 40.3 Å². The van der Waals surface area contributed by atoms with Crippen LogP contribution in [0.25, 0.3) is 6.08 Å². The topological polar surface area (TPSA) is 63.2 Å². The number of aryl methyl sites for hydroxylation is 2. The largest absolute Gasteiger partial charge is 0.496 e. The molecule has 0 atom stereocenters. The molecular formula is C24H27N3O3S. The Hall–Kier alpha value is -2.93. The number of rotatable bonds is 5. The number of ether oxygens (including phenoxy) is 2. The quantitative estimate of drug-likeness (QED) is 0.680. The second-order valence-electron chi connectivity index (χ2n) is 7.71. The first-order valence-corrected chi connectivity index (χ1v) is 11.2. The number of carbonyl (C=O) groups is 1. The maximum atomic E-state index is 12.6. The number of carbonyl (C=O) groups excluding carboxylic acids is 1. The van der Waals surface area contributed by atoms with Crippen molar-refractivity contribution < 1.29 is 14.3 Å². The van der Waals surface area contributed by atoms with Crippen molar-refractivity contribution in [2.45, 2.75) is 26.7 Å². The lowest BCUT2D eigenvalue weighted by atomic mass is 10.1. The molecule has 0 bridgehead atoms. The van der Waals surface area contributed by atoms with Crippen LogP contribution in [0.4, 0.5) is 11.4 Å². The average molecular weight is 438 g/mol. The summed E-state index contributed by atoms with van der Waals surface area (Å²) >= 11 is 1.32. The van der Waals surface area contributed by atoms with E-state index in [1.165, 1.54) is 35.7 Å². The minimum absolute atomic E-state index is 0.169. The van der Waals surface area contributed by atoms with E-state index in [9.17, 15) is 4.79 Å². The molecule has 0 spiro atoms. The molecule has 162 valence electrons. The number of aliphatic imine (C=N–C) groups is 1. The highest BCUT2D eigenvalue weighted by Crippen LogP contribution is 2.39. The molecule has 0 radical (unpaired) electrons. The van der Waals surface area contributed by atoms with Crippen molar-refractivity contribution in [3.8, 4) is 11.5 Å². The fourth-order valence-electron chi connectivity index (χ4n) is 3.76. The highest BCUT2D eigenvalue weighted by Gasteiger charge is 2.25. The second kappa shape index (κ2) is 9.06. The van der Waals surface area contributed by atoms with Crippen LogP contribution in [0.3, 0.4) is 0 Å². The van der Waals surface area contributed by atoms with E-state index >= 15 is 0 Å². The lowest BCUT2D eigenvalue weighted by Crippen LogP contribution is -2.19. The molecule has 0 aliphatic carbocycles. The smallest absolute Gasteiger partial charge is 0.264 e. The van der Waals surface area contributed by atoms with Crippen molar-refractivity contribution in [1.29, 1.82) is 0 Å². The summed E-state index contributed by atoms with van der Waals surface area (Å²) in [6.45, 7) is 6.14. The van der Waals surface area contributed by atoms with Gasteiger partial charge < -0.3 is 19.7 Å². The summed E-state index contributed by atoms with van der Waals surface area (Å²) in [5.41, 5.74) is 5.03. The van der Waals surface area contributed by atoms with Gasteiger partial charge in [-0.2, -0.15) is 0 Å². The van der Waals surface area contributed by atoms with E-state index in [1.807, 2.05) is 36.4 Å². The summed E-state index contributed by atoms with van der Waals surface area (Å²) in [6.07, 6.45) is 4.19. The summed E-state index contributed by atoms with van der Waals surface area (Å²) < 4.78 is 11.3. The number of methoxy groups -OCH3 is 2. The van der Waals surface area contributed by atoms with Crippen LogP contribution in [0.1, 0.15) is 29.5 Å². The molecular weight excluding hydrogens is 410 g/mol. The van der Waals surface area contributed by atoms with Gasteiger partial charge in [-0.05, 0) is 73.9 Å². The lowest BCUT2D eigenvalue weighted by molar-refractivity contribution is -0.115. The number of nitrogens with one attached hydrogen (secondary N) is 1. The fraction of sp³-hybridized carbons (Fsp3) is 0.333. The third kappa shape index (κ3) is 4.56. The molecule has 0 aromatic heterocycles. The van der Waals surface area contributed by atoms with Crippen molar-refractivity contribution in [1.82, 2.24) is 5.32 Å². The summed E-state index contributed by atoms with van der Waals surface area (Å²) in [6, 6.07) is 9.94. The van der Waals surface area contributed by atoms with Crippen LogP contribution in [-0.2, 0) is 4.79 Å². The van der Waals surface area contributed by atoms with E-state index in [4.69, 9.17) is 9.47 Å². The Morgan fingerprint density at radius 2 is 1.77 bits per heavy atom. The van der Waals surface area contributed by atoms with Gasteiger partial charge in [0.05, 0.1) is 30.5 Å². The average Bonchev–Trinajstić information content (AvgIpc) is 3.41. The van der Waals surface area contributed by atoms with Crippen LogP contribution in [0.15, 0.2) is 40.2 Å². The maximum Gasteiger partial charge on any atom is 0.264 e. The van der Waals surface area contributed by atoms with Gasteiger partial charge in [0.25, 0.3) is 5.91 Å². The predicted molar refractivity (Wildman–Crippen MR) is 128 cm³/mol. The molecule has 1 amide bonds. The molecule has 1 N–H and O–H groups in total. The summed E-state index contributed by atoms with van der Waals surface area (Å²) in [7, 11) is 3.32. The van der Waals surface area contributed by atoms with Gasteiger partial charge in [0.15, 0.2) is 5.17 Å². The van der Waals surface area contributed by atoms with Crippen LogP contribution >= 0.6 is 11.8 Å². The Balaban J connectivity index is 1.63. The first-order valence-electron chi connectivity index (χ1n) is 10.4. The molecule has 2 saturated heterocycles. The molecule has 2 aromatic carbocycles. The highest BCUT2D eigenvalue weighted by atomic mass is 32.2. The monoisotopic (exact) mass is 437 g/mol. The van der Waals surface area contributed by atoms with Gasteiger partial charge in [0, 0.05) is 24.7 Å². The van der Waals surface area contributed by atoms with Gasteiger partial charge in [-0.3, -0.25) is 4.79 Å². The van der Waals surface area contributed by atoms with Gasteiger partial charge in [0.1, 0.15) is 11.5 Å². The fourth-order valence-corrected chi connectivity index (χ4v) is 4.59. The number of anilines is 1. The van der Waals surface area contributed by atoms with Crippen molar-refractivity contribution in [3.63, 3.8) is 0 Å². The maximum absolute atomic E-state index is 12.6. The Bertz CT molecular complexity index is 1070. The Morgan fingerprint density at radius 3 is 2.45 bits per heavy atom. The molecule has 4 rings (SSSR count). The summed E-state index contributed by atoms with van der Waals surface area (Å²) in [5, 5.41) is 3.42. The normalized spacial score (nSPS) is 18.7. The molecule has 0 saturated carbocycles. The number of thioether (sulfide) groups is 1. The zero-order valence-corrected chi connectivity index (χ0v) is 19.1. The standard InChI is InChI=1S/C24H27N3O3S/c1-15-7-8-18(11-16(15)2)25-24-26-23(28)22(31-24)13-17-12-21(30-4)19(14-20(17)29-3)27-9-5-6-10-27/h7-8,11-14H,5-6,9-10H2,1-4H3,(H,25,26,28)/b22-13+. The van der Waals surface area contributed by atoms with Gasteiger partial charge in [0.2, 0.25) is 0 Å². The van der Waals surface area contributed by atoms with Crippen LogP contribution in [-0.4, -0.2) is 38.4 Å². The number of benzene rings is 2.